The molecule has 0 heterocycles. The van der Waals surface area contributed by atoms with Crippen LogP contribution in [0.4, 0.5) is 20.6 Å². The van der Waals surface area contributed by atoms with Crippen LogP contribution in [-0.2, 0) is 0 Å². The van der Waals surface area contributed by atoms with Gasteiger partial charge in [0, 0.05) is 24.4 Å². The first kappa shape index (κ1) is 16.4. The first-order chi connectivity index (χ1) is 11.0. The smallest absolute Gasteiger partial charge is 0.319 e. The number of benzene rings is 2. The maximum Gasteiger partial charge on any atom is 0.319 e. The van der Waals surface area contributed by atoms with Crippen LogP contribution in [0.15, 0.2) is 48.5 Å². The van der Waals surface area contributed by atoms with Gasteiger partial charge in [-0.2, -0.15) is 0 Å². The minimum Gasteiger partial charge on any atom is -0.387 e. The van der Waals surface area contributed by atoms with Crippen LogP contribution in [0.1, 0.15) is 11.7 Å². The van der Waals surface area contributed by atoms with Crippen LogP contribution in [0, 0.1) is 15.9 Å². The van der Waals surface area contributed by atoms with Gasteiger partial charge < -0.3 is 15.7 Å². The van der Waals surface area contributed by atoms with Crippen LogP contribution in [0.25, 0.3) is 0 Å². The van der Waals surface area contributed by atoms with E-state index in [0.717, 1.165) is 0 Å². The molecule has 0 aliphatic carbocycles. The lowest BCUT2D eigenvalue weighted by atomic mass is 10.1. The lowest BCUT2D eigenvalue weighted by Gasteiger charge is -2.13. The summed E-state index contributed by atoms with van der Waals surface area (Å²) in [6, 6.07) is 10.0. The van der Waals surface area contributed by atoms with E-state index in [1.54, 1.807) is 0 Å². The second kappa shape index (κ2) is 7.32. The number of nitro groups is 1. The summed E-state index contributed by atoms with van der Waals surface area (Å²) in [6.45, 7) is -0.0650. The Morgan fingerprint density at radius 1 is 1.17 bits per heavy atom. The van der Waals surface area contributed by atoms with Gasteiger partial charge in [0.1, 0.15) is 5.82 Å². The Hall–Kier alpha value is -3.00. The van der Waals surface area contributed by atoms with Crippen molar-refractivity contribution in [1.29, 1.82) is 0 Å². The van der Waals surface area contributed by atoms with Gasteiger partial charge in [0.2, 0.25) is 0 Å². The molecular formula is C15H14FN3O4. The van der Waals surface area contributed by atoms with Crippen molar-refractivity contribution in [2.45, 2.75) is 6.10 Å². The molecule has 0 aromatic heterocycles. The Labute approximate surface area is 130 Å². The van der Waals surface area contributed by atoms with Crippen molar-refractivity contribution in [3.63, 3.8) is 0 Å². The van der Waals surface area contributed by atoms with E-state index in [0.29, 0.717) is 11.3 Å². The lowest BCUT2D eigenvalue weighted by molar-refractivity contribution is -0.384. The molecule has 23 heavy (non-hydrogen) atoms. The van der Waals surface area contributed by atoms with Crippen molar-refractivity contribution in [3.8, 4) is 0 Å². The van der Waals surface area contributed by atoms with Gasteiger partial charge in [0.15, 0.2) is 0 Å². The molecule has 0 fully saturated rings. The van der Waals surface area contributed by atoms with Crippen LogP contribution in [0.5, 0.6) is 0 Å². The predicted octanol–water partition coefficient (Wildman–Crippen LogP) is 2.59. The molecule has 1 atom stereocenters. The molecule has 2 aromatic rings. The van der Waals surface area contributed by atoms with Crippen molar-refractivity contribution in [1.82, 2.24) is 5.32 Å². The number of hydrogen-bond acceptors (Lipinski definition) is 4. The number of halogens is 1. The fourth-order valence-electron chi connectivity index (χ4n) is 1.83. The molecular weight excluding hydrogens is 305 g/mol. The standard InChI is InChI=1S/C15H14FN3O4/c16-11-3-1-10(2-4-11)14(20)9-17-15(21)18-12-5-7-13(8-6-12)19(22)23/h1-8,14,20H,9H2,(H2,17,18,21). The zero-order valence-electron chi connectivity index (χ0n) is 11.9. The van der Waals surface area contributed by atoms with Gasteiger partial charge >= 0.3 is 6.03 Å². The topological polar surface area (TPSA) is 104 Å². The Morgan fingerprint density at radius 3 is 2.35 bits per heavy atom. The van der Waals surface area contributed by atoms with Crippen molar-refractivity contribution >= 4 is 17.4 Å². The first-order valence-corrected chi connectivity index (χ1v) is 6.68. The molecule has 8 heteroatoms. The molecule has 0 spiro atoms. The average Bonchev–Trinajstić information content (AvgIpc) is 2.54. The number of anilines is 1. The molecule has 0 aliphatic rings. The SMILES string of the molecule is O=C(NCC(O)c1ccc(F)cc1)Nc1ccc([N+](=O)[O-])cc1. The highest BCUT2D eigenvalue weighted by atomic mass is 19.1. The second-order valence-corrected chi connectivity index (χ2v) is 4.71. The summed E-state index contributed by atoms with van der Waals surface area (Å²) in [7, 11) is 0. The van der Waals surface area contributed by atoms with Crippen LogP contribution >= 0.6 is 0 Å². The van der Waals surface area contributed by atoms with Gasteiger partial charge in [-0.15, -0.1) is 0 Å². The Morgan fingerprint density at radius 2 is 1.78 bits per heavy atom. The molecule has 0 saturated carbocycles. The Balaban J connectivity index is 1.84. The van der Waals surface area contributed by atoms with Crippen molar-refractivity contribution in [3.05, 3.63) is 70.0 Å². The molecule has 0 bridgehead atoms. The average molecular weight is 319 g/mol. The summed E-state index contributed by atoms with van der Waals surface area (Å²) >= 11 is 0. The summed E-state index contributed by atoms with van der Waals surface area (Å²) in [5.74, 6) is -0.412. The number of nitrogens with one attached hydrogen (secondary N) is 2. The number of amides is 2. The summed E-state index contributed by atoms with van der Waals surface area (Å²) < 4.78 is 12.8. The van der Waals surface area contributed by atoms with E-state index in [1.165, 1.54) is 48.5 Å². The minimum absolute atomic E-state index is 0.0650. The molecule has 0 aliphatic heterocycles. The summed E-state index contributed by atoms with van der Waals surface area (Å²) in [6.07, 6.45) is -0.974. The lowest BCUT2D eigenvalue weighted by Crippen LogP contribution is -2.32. The molecule has 2 amide bonds. The molecule has 1 unspecified atom stereocenters. The number of nitrogens with zero attached hydrogens (tertiary/aromatic N) is 1. The van der Waals surface area contributed by atoms with Crippen molar-refractivity contribution in [2.24, 2.45) is 0 Å². The molecule has 3 N–H and O–H groups in total. The summed E-state index contributed by atoms with van der Waals surface area (Å²) in [4.78, 5) is 21.7. The fraction of sp³-hybridized carbons (Fsp3) is 0.133. The van der Waals surface area contributed by atoms with E-state index >= 15 is 0 Å². The van der Waals surface area contributed by atoms with Crippen LogP contribution in [-0.4, -0.2) is 22.6 Å². The van der Waals surface area contributed by atoms with Gasteiger partial charge in [-0.05, 0) is 29.8 Å². The number of carbonyl (C=O) groups is 1. The maximum atomic E-state index is 12.8. The van der Waals surface area contributed by atoms with E-state index in [2.05, 4.69) is 10.6 Å². The van der Waals surface area contributed by atoms with Gasteiger partial charge in [0.05, 0.1) is 11.0 Å². The number of nitro benzene ring substituents is 1. The van der Waals surface area contributed by atoms with Crippen LogP contribution < -0.4 is 10.6 Å². The number of aliphatic hydroxyl groups excluding tert-OH is 1. The van der Waals surface area contributed by atoms with E-state index in [9.17, 15) is 24.4 Å². The fourth-order valence-corrected chi connectivity index (χ4v) is 1.83. The van der Waals surface area contributed by atoms with Gasteiger partial charge in [-0.25, -0.2) is 9.18 Å². The Kier molecular flexibility index (Phi) is 5.21. The van der Waals surface area contributed by atoms with Crippen LogP contribution in [0.3, 0.4) is 0 Å². The Bertz CT molecular complexity index is 689. The highest BCUT2D eigenvalue weighted by Crippen LogP contribution is 2.15. The van der Waals surface area contributed by atoms with Crippen molar-refractivity contribution in [2.75, 3.05) is 11.9 Å². The number of rotatable bonds is 5. The van der Waals surface area contributed by atoms with E-state index in [1.807, 2.05) is 0 Å². The number of aliphatic hydroxyl groups is 1. The maximum absolute atomic E-state index is 12.8. The zero-order valence-corrected chi connectivity index (χ0v) is 11.9. The molecule has 120 valence electrons. The number of hydrogen-bond donors (Lipinski definition) is 3. The highest BCUT2D eigenvalue weighted by molar-refractivity contribution is 5.89. The van der Waals surface area contributed by atoms with E-state index < -0.39 is 22.9 Å². The van der Waals surface area contributed by atoms with Crippen LogP contribution in [0.2, 0.25) is 0 Å². The minimum atomic E-state index is -0.974. The number of non-ortho nitro benzene ring substituents is 1. The van der Waals surface area contributed by atoms with Gasteiger partial charge in [0.25, 0.3) is 5.69 Å². The molecule has 7 nitrogen and oxygen atoms in total. The monoisotopic (exact) mass is 319 g/mol. The van der Waals surface area contributed by atoms with Gasteiger partial charge in [-0.3, -0.25) is 10.1 Å². The van der Waals surface area contributed by atoms with Crippen molar-refractivity contribution < 1.29 is 19.2 Å². The van der Waals surface area contributed by atoms with E-state index in [4.69, 9.17) is 0 Å². The number of urea groups is 1. The molecule has 0 saturated heterocycles. The highest BCUT2D eigenvalue weighted by Gasteiger charge is 2.10. The van der Waals surface area contributed by atoms with E-state index in [-0.39, 0.29) is 12.2 Å². The predicted molar refractivity (Wildman–Crippen MR) is 81.5 cm³/mol. The third-order valence-electron chi connectivity index (χ3n) is 3.05. The summed E-state index contributed by atoms with van der Waals surface area (Å²) in [5, 5.41) is 25.3. The quantitative estimate of drug-likeness (QED) is 0.582. The normalized spacial score (nSPS) is 11.6. The van der Waals surface area contributed by atoms with Gasteiger partial charge in [-0.1, -0.05) is 12.1 Å². The molecule has 2 aromatic carbocycles. The first-order valence-electron chi connectivity index (χ1n) is 6.68. The third-order valence-corrected chi connectivity index (χ3v) is 3.05. The zero-order chi connectivity index (χ0) is 16.8. The number of carbonyl (C=O) groups excluding carboxylic acids is 1. The largest absolute Gasteiger partial charge is 0.387 e. The summed E-state index contributed by atoms with van der Waals surface area (Å²) in [5.41, 5.74) is 0.772. The molecule has 2 rings (SSSR count). The molecule has 0 radical (unpaired) electrons. The second-order valence-electron chi connectivity index (χ2n) is 4.71. The third kappa shape index (κ3) is 4.75.